The van der Waals surface area contributed by atoms with Crippen molar-refractivity contribution in [2.45, 2.75) is 0 Å². The molecule has 1 aliphatic heterocycles. The van der Waals surface area contributed by atoms with E-state index in [9.17, 15) is 4.79 Å². The Kier molecular flexibility index (Phi) is 5.50. The zero-order valence-electron chi connectivity index (χ0n) is 18.9. The van der Waals surface area contributed by atoms with Gasteiger partial charge < -0.3 is 14.5 Å². The number of rotatable bonds is 4. The van der Waals surface area contributed by atoms with Crippen molar-refractivity contribution in [3.05, 3.63) is 71.0 Å². The number of thiophene rings is 1. The lowest BCUT2D eigenvalue weighted by Crippen LogP contribution is -2.49. The van der Waals surface area contributed by atoms with Crippen LogP contribution in [0.25, 0.3) is 27.0 Å². The van der Waals surface area contributed by atoms with Gasteiger partial charge in [0.1, 0.15) is 22.8 Å². The van der Waals surface area contributed by atoms with Crippen molar-refractivity contribution in [3.8, 4) is 16.9 Å². The highest BCUT2D eigenvalue weighted by atomic mass is 35.5. The van der Waals surface area contributed by atoms with Gasteiger partial charge in [0, 0.05) is 48.0 Å². The number of hydrogen-bond acceptors (Lipinski definition) is 7. The van der Waals surface area contributed by atoms with E-state index in [2.05, 4.69) is 20.0 Å². The molecule has 1 saturated heterocycles. The molecule has 1 fully saturated rings. The minimum absolute atomic E-state index is 0.0214. The van der Waals surface area contributed by atoms with E-state index in [0.717, 1.165) is 32.8 Å². The molecule has 8 nitrogen and oxygen atoms in total. The molecule has 0 radical (unpaired) electrons. The maximum absolute atomic E-state index is 13.3. The number of anilines is 1. The third-order valence-corrected chi connectivity index (χ3v) is 7.94. The number of aromatic nitrogens is 4. The summed E-state index contributed by atoms with van der Waals surface area (Å²) < 4.78 is 8.09. The molecule has 2 aromatic carbocycles. The Hall–Kier alpha value is -3.69. The molecule has 1 amide bonds. The largest absolute Gasteiger partial charge is 0.497 e. The molecule has 3 aromatic heterocycles. The first-order chi connectivity index (χ1) is 17.1. The van der Waals surface area contributed by atoms with Crippen LogP contribution in [0, 0.1) is 0 Å². The fourth-order valence-corrected chi connectivity index (χ4v) is 5.94. The third kappa shape index (κ3) is 3.77. The Morgan fingerprint density at radius 1 is 1.03 bits per heavy atom. The quantitative estimate of drug-likeness (QED) is 0.355. The third-order valence-electron chi connectivity index (χ3n) is 6.28. The lowest BCUT2D eigenvalue weighted by atomic mass is 10.1. The second-order valence-corrected chi connectivity index (χ2v) is 9.65. The molecule has 35 heavy (non-hydrogen) atoms. The van der Waals surface area contributed by atoms with Gasteiger partial charge in [0.2, 0.25) is 0 Å². The molecule has 0 spiro atoms. The van der Waals surface area contributed by atoms with Crippen LogP contribution in [0.1, 0.15) is 9.67 Å². The van der Waals surface area contributed by atoms with Crippen LogP contribution in [0.5, 0.6) is 5.75 Å². The van der Waals surface area contributed by atoms with E-state index < -0.39 is 0 Å². The summed E-state index contributed by atoms with van der Waals surface area (Å²) in [7, 11) is 1.65. The number of halogens is 1. The van der Waals surface area contributed by atoms with Gasteiger partial charge in [0.25, 0.3) is 11.7 Å². The van der Waals surface area contributed by atoms with Crippen LogP contribution >= 0.6 is 22.9 Å². The summed E-state index contributed by atoms with van der Waals surface area (Å²) >= 11 is 8.03. The number of methoxy groups -OCH3 is 1. The number of piperazine rings is 1. The highest BCUT2D eigenvalue weighted by molar-refractivity contribution is 7.21. The monoisotopic (exact) mass is 504 g/mol. The van der Waals surface area contributed by atoms with Crippen molar-refractivity contribution in [1.29, 1.82) is 0 Å². The van der Waals surface area contributed by atoms with Gasteiger partial charge in [-0.3, -0.25) is 4.79 Å². The molecule has 1 aliphatic rings. The lowest BCUT2D eigenvalue weighted by Gasteiger charge is -2.36. The number of benzene rings is 2. The zero-order chi connectivity index (χ0) is 23.9. The molecule has 6 rings (SSSR count). The van der Waals surface area contributed by atoms with E-state index in [-0.39, 0.29) is 5.91 Å². The highest BCUT2D eigenvalue weighted by Crippen LogP contribution is 2.37. The Bertz CT molecular complexity index is 1540. The van der Waals surface area contributed by atoms with Crippen molar-refractivity contribution < 1.29 is 9.53 Å². The minimum Gasteiger partial charge on any atom is -0.497 e. The van der Waals surface area contributed by atoms with E-state index in [1.54, 1.807) is 11.6 Å². The predicted molar refractivity (Wildman–Crippen MR) is 138 cm³/mol. The van der Waals surface area contributed by atoms with E-state index in [1.807, 2.05) is 59.6 Å². The van der Waals surface area contributed by atoms with Gasteiger partial charge in [-0.15, -0.1) is 11.3 Å². The second kappa shape index (κ2) is 8.83. The molecule has 0 unspecified atom stereocenters. The smallest absolute Gasteiger partial charge is 0.265 e. The molecule has 176 valence electrons. The Morgan fingerprint density at radius 3 is 2.54 bits per heavy atom. The van der Waals surface area contributed by atoms with Crippen LogP contribution in [0.2, 0.25) is 5.02 Å². The summed E-state index contributed by atoms with van der Waals surface area (Å²) in [6, 6.07) is 15.7. The molecule has 0 aliphatic carbocycles. The van der Waals surface area contributed by atoms with Gasteiger partial charge >= 0.3 is 0 Å². The zero-order valence-corrected chi connectivity index (χ0v) is 20.5. The Balaban J connectivity index is 1.29. The molecule has 0 atom stereocenters. The van der Waals surface area contributed by atoms with Gasteiger partial charge in [0.05, 0.1) is 12.1 Å². The van der Waals surface area contributed by atoms with Crippen LogP contribution in [-0.2, 0) is 0 Å². The van der Waals surface area contributed by atoms with E-state index in [1.165, 1.54) is 17.7 Å². The first-order valence-electron chi connectivity index (χ1n) is 11.2. The number of carbonyl (C=O) groups excluding carboxylic acids is 1. The number of carbonyl (C=O) groups is 1. The summed E-state index contributed by atoms with van der Waals surface area (Å²) in [6.45, 7) is 2.45. The number of amides is 1. The summed E-state index contributed by atoms with van der Waals surface area (Å²) in [5, 5.41) is 5.90. The van der Waals surface area contributed by atoms with Crippen LogP contribution in [-0.4, -0.2) is 63.7 Å². The number of nitrogens with zero attached hydrogens (tertiary/aromatic N) is 6. The van der Waals surface area contributed by atoms with Crippen LogP contribution in [0.3, 0.4) is 0 Å². The Labute approximate surface area is 210 Å². The van der Waals surface area contributed by atoms with Gasteiger partial charge in [-0.2, -0.15) is 14.6 Å². The number of hydrogen-bond donors (Lipinski definition) is 0. The fraction of sp³-hybridized carbons (Fsp3) is 0.200. The number of fused-ring (bicyclic) bond motifs is 2. The van der Waals surface area contributed by atoms with Crippen molar-refractivity contribution in [3.63, 3.8) is 0 Å². The maximum atomic E-state index is 13.3. The molecule has 0 saturated carbocycles. The normalized spacial score (nSPS) is 14.1. The SMILES string of the molecule is COc1ccc(-c2cnc3ncnn3c2N2CCN(C(=O)c3sc4ccccc4c3Cl)CC2)cc1. The lowest BCUT2D eigenvalue weighted by molar-refractivity contribution is 0.0751. The standard InChI is InChI=1S/C25H21ClN6O2S/c1-34-17-8-6-16(7-9-17)19-14-27-25-28-15-29-32(25)23(19)30-10-12-31(13-11-30)24(33)22-21(26)18-4-2-3-5-20(18)35-22/h2-9,14-15H,10-13H2,1H3. The van der Waals surface area contributed by atoms with Crippen LogP contribution in [0.4, 0.5) is 5.82 Å². The minimum atomic E-state index is -0.0214. The second-order valence-electron chi connectivity index (χ2n) is 8.22. The van der Waals surface area contributed by atoms with Crippen molar-refractivity contribution in [2.75, 3.05) is 38.2 Å². The van der Waals surface area contributed by atoms with Crippen molar-refractivity contribution in [2.24, 2.45) is 0 Å². The van der Waals surface area contributed by atoms with Gasteiger partial charge in [-0.1, -0.05) is 41.9 Å². The van der Waals surface area contributed by atoms with Gasteiger partial charge in [-0.25, -0.2) is 4.98 Å². The predicted octanol–water partition coefficient (Wildman–Crippen LogP) is 4.63. The fourth-order valence-electron chi connectivity index (χ4n) is 4.46. The average Bonchev–Trinajstić information content (AvgIpc) is 3.52. The molecular formula is C25H21ClN6O2S. The Morgan fingerprint density at radius 2 is 1.80 bits per heavy atom. The van der Waals surface area contributed by atoms with Crippen LogP contribution in [0.15, 0.2) is 61.1 Å². The van der Waals surface area contributed by atoms with E-state index in [0.29, 0.717) is 41.9 Å². The average molecular weight is 505 g/mol. The topological polar surface area (TPSA) is 75.9 Å². The summed E-state index contributed by atoms with van der Waals surface area (Å²) in [6.07, 6.45) is 3.34. The maximum Gasteiger partial charge on any atom is 0.265 e. The molecule has 4 heterocycles. The van der Waals surface area contributed by atoms with Crippen molar-refractivity contribution >= 4 is 50.5 Å². The van der Waals surface area contributed by atoms with E-state index in [4.69, 9.17) is 16.3 Å². The van der Waals surface area contributed by atoms with Crippen molar-refractivity contribution in [1.82, 2.24) is 24.5 Å². The molecule has 5 aromatic rings. The highest BCUT2D eigenvalue weighted by Gasteiger charge is 2.28. The first kappa shape index (κ1) is 21.8. The van der Waals surface area contributed by atoms with Gasteiger partial charge in [0.15, 0.2) is 0 Å². The van der Waals surface area contributed by atoms with Gasteiger partial charge in [-0.05, 0) is 23.8 Å². The molecule has 0 N–H and O–H groups in total. The summed E-state index contributed by atoms with van der Waals surface area (Å²) in [5.41, 5.74) is 1.94. The first-order valence-corrected chi connectivity index (χ1v) is 12.4. The molecular weight excluding hydrogens is 484 g/mol. The summed E-state index contributed by atoms with van der Waals surface area (Å²) in [5.74, 6) is 2.21. The van der Waals surface area contributed by atoms with Crippen LogP contribution < -0.4 is 9.64 Å². The number of ether oxygens (including phenoxy) is 1. The summed E-state index contributed by atoms with van der Waals surface area (Å²) in [4.78, 5) is 26.8. The van der Waals surface area contributed by atoms with E-state index >= 15 is 0 Å². The molecule has 10 heteroatoms. The molecule has 0 bridgehead atoms.